The van der Waals surface area contributed by atoms with Crippen molar-refractivity contribution < 1.29 is 9.84 Å². The summed E-state index contributed by atoms with van der Waals surface area (Å²) in [5.41, 5.74) is 0. The van der Waals surface area contributed by atoms with Crippen LogP contribution in [0.2, 0.25) is 0 Å². The van der Waals surface area contributed by atoms with Crippen molar-refractivity contribution in [1.82, 2.24) is 9.80 Å². The SMILES string of the molecule is CCCCC/C=C\C/C=C\CCCCCCCCC(CCCCCCCC/C=C\C/C=C\CCCCC)OC(O)N(C)CCCN(C)C. The Balaban J connectivity index is 4.17. The highest BCUT2D eigenvalue weighted by Gasteiger charge is 2.18. The van der Waals surface area contributed by atoms with Crippen LogP contribution >= 0.6 is 0 Å². The molecular weight excluding hydrogens is 588 g/mol. The normalized spacial score (nSPS) is 13.4. The van der Waals surface area contributed by atoms with Gasteiger partial charge in [0.1, 0.15) is 0 Å². The van der Waals surface area contributed by atoms with Gasteiger partial charge < -0.3 is 14.7 Å². The first-order valence-electron chi connectivity index (χ1n) is 20.8. The molecule has 48 heavy (non-hydrogen) atoms. The first kappa shape index (κ1) is 46.8. The standard InChI is InChI=1S/C44H84N2O2/c1-6-8-10-12-14-16-18-20-22-24-26-28-30-32-34-36-39-43(48-44(47)46(5)42-38-41-45(3)4)40-37-35-33-31-29-27-25-23-21-19-17-15-13-11-9-7-2/h14-17,20-23,43-44,47H,6-13,18-19,24-42H2,1-5H3/b16-14-,17-15-,22-20-,23-21-. The first-order valence-corrected chi connectivity index (χ1v) is 20.8. The van der Waals surface area contributed by atoms with Gasteiger partial charge in [0.2, 0.25) is 6.41 Å². The van der Waals surface area contributed by atoms with Crippen molar-refractivity contribution in [3.8, 4) is 0 Å². The lowest BCUT2D eigenvalue weighted by molar-refractivity contribution is -0.213. The Bertz CT molecular complexity index is 696. The van der Waals surface area contributed by atoms with Crippen molar-refractivity contribution in [1.29, 1.82) is 0 Å². The van der Waals surface area contributed by atoms with Crippen LogP contribution < -0.4 is 0 Å². The average Bonchev–Trinajstić information content (AvgIpc) is 3.07. The molecule has 0 heterocycles. The molecule has 1 atom stereocenters. The summed E-state index contributed by atoms with van der Waals surface area (Å²) in [5.74, 6) is 0. The number of allylic oxidation sites excluding steroid dienone is 8. The van der Waals surface area contributed by atoms with Gasteiger partial charge in [-0.3, -0.25) is 4.90 Å². The molecule has 0 aromatic heterocycles. The van der Waals surface area contributed by atoms with Gasteiger partial charge in [-0.05, 0) is 111 Å². The number of rotatable bonds is 37. The van der Waals surface area contributed by atoms with Crippen LogP contribution in [0, 0.1) is 0 Å². The lowest BCUT2D eigenvalue weighted by Gasteiger charge is -2.28. The number of aliphatic hydroxyl groups is 1. The van der Waals surface area contributed by atoms with Gasteiger partial charge in [-0.15, -0.1) is 0 Å². The Morgan fingerprint density at radius 2 is 0.833 bits per heavy atom. The van der Waals surface area contributed by atoms with Gasteiger partial charge in [0.15, 0.2) is 0 Å². The van der Waals surface area contributed by atoms with E-state index in [1.54, 1.807) is 0 Å². The third kappa shape index (κ3) is 36.1. The van der Waals surface area contributed by atoms with Crippen molar-refractivity contribution in [2.75, 3.05) is 34.2 Å². The molecule has 4 heteroatoms. The van der Waals surface area contributed by atoms with Crippen LogP contribution in [0.15, 0.2) is 48.6 Å². The molecule has 0 aliphatic rings. The zero-order chi connectivity index (χ0) is 35.2. The molecule has 282 valence electrons. The fraction of sp³-hybridized carbons (Fsp3) is 0.818. The molecule has 0 fully saturated rings. The zero-order valence-corrected chi connectivity index (χ0v) is 33.0. The molecule has 1 N–H and O–H groups in total. The summed E-state index contributed by atoms with van der Waals surface area (Å²) >= 11 is 0. The molecule has 0 saturated carbocycles. The second-order valence-electron chi connectivity index (χ2n) is 14.5. The molecule has 4 nitrogen and oxygen atoms in total. The van der Waals surface area contributed by atoms with Crippen LogP contribution in [-0.4, -0.2) is 61.7 Å². The second-order valence-corrected chi connectivity index (χ2v) is 14.5. The Morgan fingerprint density at radius 1 is 0.458 bits per heavy atom. The van der Waals surface area contributed by atoms with Gasteiger partial charge in [-0.1, -0.05) is 152 Å². The maximum atomic E-state index is 10.8. The van der Waals surface area contributed by atoms with Gasteiger partial charge in [0, 0.05) is 6.54 Å². The largest absolute Gasteiger partial charge is 0.356 e. The third-order valence-electron chi connectivity index (χ3n) is 9.26. The smallest absolute Gasteiger partial charge is 0.216 e. The van der Waals surface area contributed by atoms with Gasteiger partial charge >= 0.3 is 0 Å². The van der Waals surface area contributed by atoms with Gasteiger partial charge in [-0.2, -0.15) is 0 Å². The Labute approximate surface area is 301 Å². The minimum atomic E-state index is -0.800. The van der Waals surface area contributed by atoms with E-state index in [2.05, 4.69) is 81.5 Å². The van der Waals surface area contributed by atoms with Gasteiger partial charge in [0.25, 0.3) is 0 Å². The summed E-state index contributed by atoms with van der Waals surface area (Å²) in [6.07, 6.45) is 51.9. The molecule has 0 aromatic rings. The van der Waals surface area contributed by atoms with Gasteiger partial charge in [0.05, 0.1) is 6.10 Å². The number of nitrogens with zero attached hydrogens (tertiary/aromatic N) is 2. The second kappa shape index (κ2) is 38.6. The summed E-state index contributed by atoms with van der Waals surface area (Å²) in [6.45, 7) is 6.40. The molecule has 0 spiro atoms. The predicted molar refractivity (Wildman–Crippen MR) is 215 cm³/mol. The molecule has 0 radical (unpaired) electrons. The maximum absolute atomic E-state index is 10.8. The quantitative estimate of drug-likeness (QED) is 0.0405. The fourth-order valence-corrected chi connectivity index (χ4v) is 6.02. The van der Waals surface area contributed by atoms with Crippen LogP contribution in [0.25, 0.3) is 0 Å². The van der Waals surface area contributed by atoms with Crippen molar-refractivity contribution in [3.63, 3.8) is 0 Å². The van der Waals surface area contributed by atoms with Crippen molar-refractivity contribution in [2.45, 2.75) is 200 Å². The first-order chi connectivity index (χ1) is 23.5. The third-order valence-corrected chi connectivity index (χ3v) is 9.26. The summed E-state index contributed by atoms with van der Waals surface area (Å²) in [4.78, 5) is 4.16. The predicted octanol–water partition coefficient (Wildman–Crippen LogP) is 12.9. The van der Waals surface area contributed by atoms with E-state index in [4.69, 9.17) is 4.74 Å². The van der Waals surface area contributed by atoms with E-state index >= 15 is 0 Å². The molecule has 0 bridgehead atoms. The lowest BCUT2D eigenvalue weighted by atomic mass is 10.0. The molecule has 0 saturated heterocycles. The molecule has 0 aliphatic carbocycles. The monoisotopic (exact) mass is 673 g/mol. The minimum absolute atomic E-state index is 0.160. The molecule has 0 aliphatic heterocycles. The Morgan fingerprint density at radius 3 is 1.23 bits per heavy atom. The summed E-state index contributed by atoms with van der Waals surface area (Å²) < 4.78 is 6.26. The highest BCUT2D eigenvalue weighted by Crippen LogP contribution is 2.19. The molecule has 0 amide bonds. The highest BCUT2D eigenvalue weighted by atomic mass is 16.6. The van der Waals surface area contributed by atoms with E-state index in [-0.39, 0.29) is 6.10 Å². The van der Waals surface area contributed by atoms with Crippen molar-refractivity contribution in [2.24, 2.45) is 0 Å². The molecule has 0 rings (SSSR count). The summed E-state index contributed by atoms with van der Waals surface area (Å²) in [7, 11) is 6.18. The van der Waals surface area contributed by atoms with E-state index in [1.807, 2.05) is 11.9 Å². The minimum Gasteiger partial charge on any atom is -0.356 e. The average molecular weight is 673 g/mol. The van der Waals surface area contributed by atoms with Crippen molar-refractivity contribution in [3.05, 3.63) is 48.6 Å². The van der Waals surface area contributed by atoms with E-state index in [0.29, 0.717) is 0 Å². The van der Waals surface area contributed by atoms with E-state index in [0.717, 1.165) is 45.2 Å². The van der Waals surface area contributed by atoms with Gasteiger partial charge in [-0.25, -0.2) is 0 Å². The van der Waals surface area contributed by atoms with E-state index in [1.165, 1.54) is 141 Å². The lowest BCUT2D eigenvalue weighted by Crippen LogP contribution is -2.38. The van der Waals surface area contributed by atoms with Crippen molar-refractivity contribution >= 4 is 0 Å². The van der Waals surface area contributed by atoms with Crippen LogP contribution in [-0.2, 0) is 4.74 Å². The molecule has 1 unspecified atom stereocenters. The summed E-state index contributed by atoms with van der Waals surface area (Å²) in [6, 6.07) is 0. The Hall–Kier alpha value is -1.20. The maximum Gasteiger partial charge on any atom is 0.216 e. The highest BCUT2D eigenvalue weighted by molar-refractivity contribution is 4.93. The number of hydrogen-bond acceptors (Lipinski definition) is 4. The van der Waals surface area contributed by atoms with Crippen LogP contribution in [0.1, 0.15) is 187 Å². The van der Waals surface area contributed by atoms with Crippen LogP contribution in [0.3, 0.4) is 0 Å². The number of ether oxygens (including phenoxy) is 1. The fourth-order valence-electron chi connectivity index (χ4n) is 6.02. The molecule has 0 aromatic carbocycles. The molecular formula is C44H84N2O2. The van der Waals surface area contributed by atoms with Crippen LogP contribution in [0.5, 0.6) is 0 Å². The number of aliphatic hydroxyl groups excluding tert-OH is 1. The zero-order valence-electron chi connectivity index (χ0n) is 33.0. The number of unbranched alkanes of at least 4 members (excludes halogenated alkanes) is 18. The Kier molecular flexibility index (Phi) is 37.6. The van der Waals surface area contributed by atoms with E-state index in [9.17, 15) is 5.11 Å². The van der Waals surface area contributed by atoms with Crippen LogP contribution in [0.4, 0.5) is 0 Å². The number of hydrogen-bond donors (Lipinski definition) is 1. The van der Waals surface area contributed by atoms with E-state index < -0.39 is 6.41 Å². The summed E-state index contributed by atoms with van der Waals surface area (Å²) in [5, 5.41) is 10.8. The topological polar surface area (TPSA) is 35.9 Å².